The summed E-state index contributed by atoms with van der Waals surface area (Å²) in [4.78, 5) is 15.7. The average molecular weight is 183 g/mol. The van der Waals surface area contributed by atoms with Crippen LogP contribution in [0.5, 0.6) is 0 Å². The number of rotatable bonds is 0. The molecular formula is C12H9NO. The number of allylic oxidation sites excluding steroid dienone is 1. The number of aryl methyl sites for hydroxylation is 1. The first kappa shape index (κ1) is 7.68. The van der Waals surface area contributed by atoms with Crippen LogP contribution in [0.4, 0.5) is 0 Å². The summed E-state index contributed by atoms with van der Waals surface area (Å²) in [5.74, 6) is 0.228. The van der Waals surface area contributed by atoms with Crippen LogP contribution in [0.15, 0.2) is 12.3 Å². The van der Waals surface area contributed by atoms with Crippen LogP contribution in [0.25, 0.3) is 18.2 Å². The second kappa shape index (κ2) is 2.64. The van der Waals surface area contributed by atoms with Gasteiger partial charge in [0.05, 0.1) is 5.69 Å². The monoisotopic (exact) mass is 183 g/mol. The molecule has 0 aliphatic heterocycles. The molecule has 2 heteroatoms. The molecule has 0 saturated carbocycles. The van der Waals surface area contributed by atoms with Gasteiger partial charge in [0.15, 0.2) is 5.78 Å². The molecule has 0 unspecified atom stereocenters. The van der Waals surface area contributed by atoms with Crippen molar-refractivity contribution in [3.63, 3.8) is 0 Å². The molecule has 2 aliphatic rings. The predicted octanol–water partition coefficient (Wildman–Crippen LogP) is 0.185. The van der Waals surface area contributed by atoms with E-state index in [1.54, 1.807) is 6.08 Å². The molecule has 1 heterocycles. The largest absolute Gasteiger partial charge is 0.295 e. The molecule has 2 nitrogen and oxygen atoms in total. The van der Waals surface area contributed by atoms with Crippen LogP contribution < -0.4 is 10.4 Å². The van der Waals surface area contributed by atoms with Crippen LogP contribution in [-0.2, 0) is 11.2 Å². The van der Waals surface area contributed by atoms with E-state index in [4.69, 9.17) is 0 Å². The van der Waals surface area contributed by atoms with Gasteiger partial charge in [0, 0.05) is 17.8 Å². The average Bonchev–Trinajstić information content (AvgIpc) is 2.65. The number of hydrogen-bond donors (Lipinski definition) is 0. The van der Waals surface area contributed by atoms with Gasteiger partial charge in [-0.05, 0) is 29.4 Å². The lowest BCUT2D eigenvalue weighted by Crippen LogP contribution is -2.34. The van der Waals surface area contributed by atoms with Crippen molar-refractivity contribution >= 4 is 24.0 Å². The maximum atomic E-state index is 11.3. The second-order valence-corrected chi connectivity index (χ2v) is 3.63. The number of carbonyl (C=O) groups is 1. The van der Waals surface area contributed by atoms with E-state index in [2.05, 4.69) is 4.98 Å². The highest BCUT2D eigenvalue weighted by Crippen LogP contribution is 2.04. The van der Waals surface area contributed by atoms with Gasteiger partial charge in [-0.15, -0.1) is 0 Å². The number of ketones is 1. The number of pyridine rings is 1. The molecule has 0 radical (unpaired) electrons. The molecule has 14 heavy (non-hydrogen) atoms. The molecule has 3 rings (SSSR count). The number of Topliss-reactive ketones (excluding diaryl/α,β-unsaturated/α-hetero) is 1. The molecule has 2 aliphatic carbocycles. The van der Waals surface area contributed by atoms with Crippen LogP contribution >= 0.6 is 0 Å². The third-order valence-electron chi connectivity index (χ3n) is 2.73. The lowest BCUT2D eigenvalue weighted by Gasteiger charge is -2.07. The minimum atomic E-state index is 0.228. The quantitative estimate of drug-likeness (QED) is 0.574. The molecule has 68 valence electrons. The summed E-state index contributed by atoms with van der Waals surface area (Å²) in [6, 6.07) is 0. The summed E-state index contributed by atoms with van der Waals surface area (Å²) in [6.45, 7) is 0. The van der Waals surface area contributed by atoms with E-state index in [-0.39, 0.29) is 5.78 Å². The van der Waals surface area contributed by atoms with Gasteiger partial charge in [-0.2, -0.15) is 0 Å². The predicted molar refractivity (Wildman–Crippen MR) is 54.8 cm³/mol. The third kappa shape index (κ3) is 0.970. The zero-order valence-electron chi connectivity index (χ0n) is 7.66. The smallest absolute Gasteiger partial charge is 0.156 e. The van der Waals surface area contributed by atoms with E-state index in [0.29, 0.717) is 6.42 Å². The fourth-order valence-electron chi connectivity index (χ4n) is 2.00. The molecule has 0 fully saturated rings. The highest BCUT2D eigenvalue weighted by Gasteiger charge is 2.11. The summed E-state index contributed by atoms with van der Waals surface area (Å²) < 4.78 is 0. The molecule has 0 aromatic carbocycles. The first-order chi connectivity index (χ1) is 6.84. The van der Waals surface area contributed by atoms with Crippen molar-refractivity contribution in [2.75, 3.05) is 0 Å². The van der Waals surface area contributed by atoms with Gasteiger partial charge in [0.2, 0.25) is 0 Å². The molecule has 0 spiro atoms. The lowest BCUT2D eigenvalue weighted by molar-refractivity contribution is -0.113. The normalized spacial score (nSPS) is 17.0. The standard InChI is InChI=1S/C12H9NO/c14-9-5-4-8-7-13-12-3-1-2-10(12)11(8)6-9/h1-3,6-7H,4-5H2. The zero-order chi connectivity index (χ0) is 9.54. The summed E-state index contributed by atoms with van der Waals surface area (Å²) >= 11 is 0. The molecule has 0 saturated heterocycles. The third-order valence-corrected chi connectivity index (χ3v) is 2.73. The van der Waals surface area contributed by atoms with Gasteiger partial charge < -0.3 is 0 Å². The fourth-order valence-corrected chi connectivity index (χ4v) is 2.00. The minimum Gasteiger partial charge on any atom is -0.295 e. The fraction of sp³-hybridized carbons (Fsp3) is 0.167. The van der Waals surface area contributed by atoms with Crippen molar-refractivity contribution in [2.24, 2.45) is 0 Å². The van der Waals surface area contributed by atoms with E-state index in [9.17, 15) is 4.79 Å². The van der Waals surface area contributed by atoms with Crippen molar-refractivity contribution in [3.8, 4) is 0 Å². The van der Waals surface area contributed by atoms with Crippen molar-refractivity contribution in [1.82, 2.24) is 4.98 Å². The molecular weight excluding hydrogens is 174 g/mol. The van der Waals surface area contributed by atoms with Crippen LogP contribution in [0, 0.1) is 0 Å². The zero-order valence-corrected chi connectivity index (χ0v) is 7.66. The minimum absolute atomic E-state index is 0.228. The summed E-state index contributed by atoms with van der Waals surface area (Å²) in [7, 11) is 0. The molecule has 0 atom stereocenters. The van der Waals surface area contributed by atoms with Crippen molar-refractivity contribution in [1.29, 1.82) is 0 Å². The Morgan fingerprint density at radius 1 is 1.21 bits per heavy atom. The lowest BCUT2D eigenvalue weighted by atomic mass is 9.99. The summed E-state index contributed by atoms with van der Waals surface area (Å²) in [5, 5.41) is 2.19. The Hall–Kier alpha value is -1.70. The highest BCUT2D eigenvalue weighted by atomic mass is 16.1. The second-order valence-electron chi connectivity index (χ2n) is 3.63. The topological polar surface area (TPSA) is 30.0 Å². The van der Waals surface area contributed by atoms with Gasteiger partial charge in [-0.3, -0.25) is 9.78 Å². The highest BCUT2D eigenvalue weighted by molar-refractivity contribution is 6.07. The van der Waals surface area contributed by atoms with Crippen molar-refractivity contribution in [2.45, 2.75) is 12.8 Å². The maximum Gasteiger partial charge on any atom is 0.156 e. The first-order valence-corrected chi connectivity index (χ1v) is 4.75. The van der Waals surface area contributed by atoms with E-state index < -0.39 is 0 Å². The Kier molecular flexibility index (Phi) is 1.45. The van der Waals surface area contributed by atoms with Crippen LogP contribution in [0.3, 0.4) is 0 Å². The van der Waals surface area contributed by atoms with Gasteiger partial charge >= 0.3 is 0 Å². The molecule has 1 aromatic heterocycles. The Labute approximate surface area is 81.3 Å². The Morgan fingerprint density at radius 3 is 3.07 bits per heavy atom. The Bertz CT molecular complexity index is 567. The molecule has 1 aromatic rings. The Morgan fingerprint density at radius 2 is 2.14 bits per heavy atom. The molecule has 0 amide bonds. The van der Waals surface area contributed by atoms with Gasteiger partial charge in [-0.25, -0.2) is 0 Å². The number of nitrogens with zero attached hydrogens (tertiary/aromatic N) is 1. The SMILES string of the molecule is O=C1C=c2c(cnc3c2=CC=C3)CC1. The van der Waals surface area contributed by atoms with E-state index >= 15 is 0 Å². The summed E-state index contributed by atoms with van der Waals surface area (Å²) in [5.41, 5.74) is 2.18. The van der Waals surface area contributed by atoms with E-state index in [1.807, 2.05) is 24.4 Å². The van der Waals surface area contributed by atoms with Crippen LogP contribution in [0.2, 0.25) is 0 Å². The van der Waals surface area contributed by atoms with Crippen LogP contribution in [-0.4, -0.2) is 10.8 Å². The number of aromatic nitrogens is 1. The van der Waals surface area contributed by atoms with Crippen molar-refractivity contribution < 1.29 is 4.79 Å². The van der Waals surface area contributed by atoms with Gasteiger partial charge in [-0.1, -0.05) is 12.2 Å². The van der Waals surface area contributed by atoms with Gasteiger partial charge in [0.1, 0.15) is 0 Å². The maximum absolute atomic E-state index is 11.3. The van der Waals surface area contributed by atoms with E-state index in [1.165, 1.54) is 5.56 Å². The Balaban J connectivity index is 2.46. The first-order valence-electron chi connectivity index (χ1n) is 4.75. The number of hydrogen-bond acceptors (Lipinski definition) is 2. The summed E-state index contributed by atoms with van der Waals surface area (Å²) in [6.07, 6.45) is 11.1. The van der Waals surface area contributed by atoms with Crippen LogP contribution in [0.1, 0.15) is 17.7 Å². The molecule has 0 bridgehead atoms. The van der Waals surface area contributed by atoms with Gasteiger partial charge in [0.25, 0.3) is 0 Å². The van der Waals surface area contributed by atoms with E-state index in [0.717, 1.165) is 22.6 Å². The molecule has 0 N–H and O–H groups in total. The van der Waals surface area contributed by atoms with Crippen molar-refractivity contribution in [3.05, 3.63) is 34.0 Å². The number of fused-ring (bicyclic) bond motifs is 3. The number of carbonyl (C=O) groups excluding carboxylic acids is 1.